The number of nitrogens with zero attached hydrogens (tertiary/aromatic N) is 3. The smallest absolute Gasteiger partial charge is 0.255 e. The predicted molar refractivity (Wildman–Crippen MR) is 160 cm³/mol. The number of amides is 3. The fourth-order valence-electron chi connectivity index (χ4n) is 4.66. The van der Waals surface area contributed by atoms with E-state index >= 15 is 0 Å². The van der Waals surface area contributed by atoms with E-state index in [0.29, 0.717) is 24.2 Å². The van der Waals surface area contributed by atoms with Crippen LogP contribution >= 0.6 is 11.6 Å². The first-order valence-corrected chi connectivity index (χ1v) is 15.6. The molecule has 0 aliphatic carbocycles. The van der Waals surface area contributed by atoms with Gasteiger partial charge in [-0.2, -0.15) is 4.98 Å². The summed E-state index contributed by atoms with van der Waals surface area (Å²) in [4.78, 5) is 47.0. The predicted octanol–water partition coefficient (Wildman–Crippen LogP) is 4.46. The zero-order valence-corrected chi connectivity index (χ0v) is 25.3. The Kier molecular flexibility index (Phi) is 9.47. The summed E-state index contributed by atoms with van der Waals surface area (Å²) < 4.78 is 25.6. The van der Waals surface area contributed by atoms with E-state index in [2.05, 4.69) is 25.9 Å². The molecule has 1 atom stereocenters. The summed E-state index contributed by atoms with van der Waals surface area (Å²) >= 11 is 6.32. The number of halogens is 1. The van der Waals surface area contributed by atoms with Gasteiger partial charge in [-0.1, -0.05) is 49.7 Å². The summed E-state index contributed by atoms with van der Waals surface area (Å²) in [5.41, 5.74) is 2.53. The Labute approximate surface area is 250 Å². The summed E-state index contributed by atoms with van der Waals surface area (Å²) in [5.74, 6) is -0.511. The number of para-hydroxylation sites is 1. The van der Waals surface area contributed by atoms with E-state index in [1.54, 1.807) is 44.2 Å². The van der Waals surface area contributed by atoms with E-state index in [0.717, 1.165) is 11.1 Å². The molecule has 0 bridgehead atoms. The molecule has 3 aromatic rings. The van der Waals surface area contributed by atoms with Crippen molar-refractivity contribution in [3.63, 3.8) is 0 Å². The highest BCUT2D eigenvalue weighted by molar-refractivity contribution is 7.92. The van der Waals surface area contributed by atoms with Gasteiger partial charge in [-0.3, -0.25) is 19.7 Å². The van der Waals surface area contributed by atoms with Crippen molar-refractivity contribution in [1.29, 1.82) is 0 Å². The fourth-order valence-corrected chi connectivity index (χ4v) is 6.00. The van der Waals surface area contributed by atoms with Crippen LogP contribution in [-0.2, 0) is 32.5 Å². The third-order valence-corrected chi connectivity index (χ3v) is 9.34. The monoisotopic (exact) mass is 612 g/mol. The third kappa shape index (κ3) is 6.39. The Balaban J connectivity index is 0.00000198. The molecule has 3 N–H and O–H groups in total. The number of rotatable bonds is 8. The number of sulfone groups is 1. The number of aromatic nitrogens is 2. The lowest BCUT2D eigenvalue weighted by molar-refractivity contribution is -0.136. The van der Waals surface area contributed by atoms with Crippen LogP contribution in [0.3, 0.4) is 0 Å². The van der Waals surface area contributed by atoms with Gasteiger partial charge < -0.3 is 15.5 Å². The molecule has 1 fully saturated rings. The van der Waals surface area contributed by atoms with Gasteiger partial charge in [-0.25, -0.2) is 13.4 Å². The van der Waals surface area contributed by atoms with Gasteiger partial charge in [0.2, 0.25) is 17.8 Å². The van der Waals surface area contributed by atoms with Crippen molar-refractivity contribution in [3.05, 3.63) is 70.4 Å². The highest BCUT2D eigenvalue weighted by Gasteiger charge is 2.39. The van der Waals surface area contributed by atoms with Crippen LogP contribution in [0.15, 0.2) is 53.6 Å². The summed E-state index contributed by atoms with van der Waals surface area (Å²) in [6, 6.07) is 11.3. The van der Waals surface area contributed by atoms with Gasteiger partial charge in [-0.05, 0) is 49.6 Å². The maximum absolute atomic E-state index is 12.9. The van der Waals surface area contributed by atoms with Crippen LogP contribution in [0, 0.1) is 0 Å². The summed E-state index contributed by atoms with van der Waals surface area (Å²) in [5, 5.41) is 8.06. The quantitative estimate of drug-likeness (QED) is 0.313. The van der Waals surface area contributed by atoms with E-state index in [1.807, 2.05) is 19.9 Å². The van der Waals surface area contributed by atoms with Gasteiger partial charge in [-0.15, -0.1) is 0 Å². The SMILES string of the molecule is CC.CC(C)S(=O)(=O)c1ccccc1Nc1nc(NCc2ccc3c(c2)CN(C2CCC(=O)NC2=O)C3=O)ncc1Cl. The van der Waals surface area contributed by atoms with Crippen LogP contribution in [-0.4, -0.2) is 52.3 Å². The molecule has 0 saturated carbocycles. The van der Waals surface area contributed by atoms with Gasteiger partial charge in [0, 0.05) is 25.1 Å². The van der Waals surface area contributed by atoms with Crippen molar-refractivity contribution in [2.75, 3.05) is 10.6 Å². The molecule has 3 heterocycles. The van der Waals surface area contributed by atoms with Gasteiger partial charge >= 0.3 is 0 Å². The Morgan fingerprint density at radius 3 is 2.57 bits per heavy atom. The normalized spacial score (nSPS) is 16.5. The van der Waals surface area contributed by atoms with E-state index in [-0.39, 0.29) is 46.5 Å². The molecule has 5 rings (SSSR count). The van der Waals surface area contributed by atoms with Crippen molar-refractivity contribution >= 4 is 56.6 Å². The molecular weight excluding hydrogens is 580 g/mol. The zero-order chi connectivity index (χ0) is 30.6. The standard InChI is InChI=1S/C27H27ClN6O5S.C2H6/c1-15(2)40(38,39)22-6-4-3-5-20(22)31-24-19(28)13-30-27(33-24)29-12-16-7-8-18-17(11-16)14-34(26(18)37)21-9-10-23(35)32-25(21)36;1-2/h3-8,11,13,15,21H,9-10,12,14H2,1-2H3,(H,32,35,36)(H2,29,30,31,33);1-2H3. The molecule has 11 nitrogen and oxygen atoms in total. The lowest BCUT2D eigenvalue weighted by Gasteiger charge is -2.29. The number of carbonyl (C=O) groups is 3. The second-order valence-electron chi connectivity index (χ2n) is 9.85. The molecule has 222 valence electrons. The van der Waals surface area contributed by atoms with Gasteiger partial charge in [0.1, 0.15) is 11.1 Å². The minimum atomic E-state index is -3.55. The molecule has 42 heavy (non-hydrogen) atoms. The van der Waals surface area contributed by atoms with E-state index < -0.39 is 27.0 Å². The van der Waals surface area contributed by atoms with Crippen molar-refractivity contribution in [2.45, 2.75) is 69.8 Å². The Morgan fingerprint density at radius 1 is 1.12 bits per heavy atom. The Hall–Kier alpha value is -4.03. The molecule has 2 aromatic carbocycles. The van der Waals surface area contributed by atoms with Crippen molar-refractivity contribution in [3.8, 4) is 0 Å². The van der Waals surface area contributed by atoms with Crippen molar-refractivity contribution in [1.82, 2.24) is 20.2 Å². The minimum absolute atomic E-state index is 0.147. The summed E-state index contributed by atoms with van der Waals surface area (Å²) in [7, 11) is -3.55. The second kappa shape index (κ2) is 12.9. The van der Waals surface area contributed by atoms with Crippen LogP contribution in [0.1, 0.15) is 62.0 Å². The van der Waals surface area contributed by atoms with Crippen molar-refractivity contribution < 1.29 is 22.8 Å². The molecular formula is C29H33ClN6O5S. The molecule has 1 saturated heterocycles. The first-order chi connectivity index (χ1) is 20.0. The minimum Gasteiger partial charge on any atom is -0.350 e. The highest BCUT2D eigenvalue weighted by atomic mass is 35.5. The van der Waals surface area contributed by atoms with Gasteiger partial charge in [0.15, 0.2) is 15.7 Å². The topological polar surface area (TPSA) is 150 Å². The first-order valence-electron chi connectivity index (χ1n) is 13.7. The van der Waals surface area contributed by atoms with E-state index in [1.165, 1.54) is 17.2 Å². The maximum Gasteiger partial charge on any atom is 0.255 e. The lowest BCUT2D eigenvalue weighted by atomic mass is 10.0. The van der Waals surface area contributed by atoms with Gasteiger partial charge in [0.05, 0.1) is 22.0 Å². The number of anilines is 3. The number of benzene rings is 2. The molecule has 1 aromatic heterocycles. The van der Waals surface area contributed by atoms with Crippen LogP contribution in [0.4, 0.5) is 17.5 Å². The first kappa shape index (κ1) is 30.9. The molecule has 0 spiro atoms. The number of imide groups is 1. The van der Waals surface area contributed by atoms with Crippen LogP contribution in [0.2, 0.25) is 5.02 Å². The number of hydrogen-bond donors (Lipinski definition) is 3. The van der Waals surface area contributed by atoms with Crippen LogP contribution in [0.5, 0.6) is 0 Å². The fraction of sp³-hybridized carbons (Fsp3) is 0.345. The number of carbonyl (C=O) groups excluding carboxylic acids is 3. The lowest BCUT2D eigenvalue weighted by Crippen LogP contribution is -2.52. The highest BCUT2D eigenvalue weighted by Crippen LogP contribution is 2.31. The molecule has 1 unspecified atom stereocenters. The van der Waals surface area contributed by atoms with Crippen molar-refractivity contribution in [2.24, 2.45) is 0 Å². The zero-order valence-electron chi connectivity index (χ0n) is 23.8. The number of nitrogens with one attached hydrogen (secondary N) is 3. The largest absolute Gasteiger partial charge is 0.350 e. The number of hydrogen-bond acceptors (Lipinski definition) is 9. The summed E-state index contributed by atoms with van der Waals surface area (Å²) in [6.45, 7) is 7.85. The third-order valence-electron chi connectivity index (χ3n) is 6.85. The second-order valence-corrected chi connectivity index (χ2v) is 12.7. The van der Waals surface area contributed by atoms with Crippen LogP contribution < -0.4 is 16.0 Å². The molecule has 2 aliphatic rings. The van der Waals surface area contributed by atoms with E-state index in [9.17, 15) is 22.8 Å². The van der Waals surface area contributed by atoms with E-state index in [4.69, 9.17) is 11.6 Å². The molecule has 3 amide bonds. The number of piperidine rings is 1. The average Bonchev–Trinajstić information content (AvgIpc) is 3.29. The van der Waals surface area contributed by atoms with Crippen LogP contribution in [0.25, 0.3) is 0 Å². The Morgan fingerprint density at radius 2 is 1.86 bits per heavy atom. The number of fused-ring (bicyclic) bond motifs is 1. The molecule has 0 radical (unpaired) electrons. The summed E-state index contributed by atoms with van der Waals surface area (Å²) in [6.07, 6.45) is 1.91. The molecule has 13 heteroatoms. The average molecular weight is 613 g/mol. The molecule has 2 aliphatic heterocycles. The maximum atomic E-state index is 12.9. The van der Waals surface area contributed by atoms with Gasteiger partial charge in [0.25, 0.3) is 5.91 Å². The Bertz CT molecular complexity index is 1630.